The van der Waals surface area contributed by atoms with Crippen LogP contribution < -0.4 is 5.32 Å². The molecule has 1 amide bonds. The zero-order chi connectivity index (χ0) is 23.5. The van der Waals surface area contributed by atoms with Crippen LogP contribution in [0.4, 0.5) is 5.69 Å². The largest absolute Gasteiger partial charge is 0.481 e. The van der Waals surface area contributed by atoms with E-state index >= 15 is 0 Å². The quantitative estimate of drug-likeness (QED) is 0.387. The van der Waals surface area contributed by atoms with Crippen LogP contribution in [0.1, 0.15) is 28.8 Å². The summed E-state index contributed by atoms with van der Waals surface area (Å²) >= 11 is 1.57. The second-order valence-electron chi connectivity index (χ2n) is 8.62. The molecule has 1 aromatic heterocycles. The molecular weight excluding hydrogens is 446 g/mol. The Morgan fingerprint density at radius 2 is 1.82 bits per heavy atom. The molecule has 6 nitrogen and oxygen atoms in total. The van der Waals surface area contributed by atoms with Crippen molar-refractivity contribution in [3.8, 4) is 11.1 Å². The number of anilines is 1. The molecule has 172 valence electrons. The molecule has 4 aromatic rings. The van der Waals surface area contributed by atoms with Gasteiger partial charge in [0.05, 0.1) is 21.6 Å². The van der Waals surface area contributed by atoms with Crippen molar-refractivity contribution in [1.82, 2.24) is 9.88 Å². The van der Waals surface area contributed by atoms with E-state index in [2.05, 4.69) is 27.3 Å². The van der Waals surface area contributed by atoms with Crippen molar-refractivity contribution in [1.29, 1.82) is 0 Å². The topological polar surface area (TPSA) is 82.5 Å². The lowest BCUT2D eigenvalue weighted by atomic mass is 9.94. The number of carboxylic acid groups (broad SMARTS) is 1. The summed E-state index contributed by atoms with van der Waals surface area (Å²) in [5, 5.41) is 12.3. The van der Waals surface area contributed by atoms with Crippen LogP contribution >= 0.6 is 11.3 Å². The number of carbonyl (C=O) groups is 2. The predicted octanol–water partition coefficient (Wildman–Crippen LogP) is 5.51. The number of rotatable bonds is 6. The third kappa shape index (κ3) is 4.85. The number of nitrogens with one attached hydrogen (secondary N) is 1. The molecule has 34 heavy (non-hydrogen) atoms. The van der Waals surface area contributed by atoms with Crippen LogP contribution in [0, 0.1) is 5.92 Å². The van der Waals surface area contributed by atoms with Crippen LogP contribution in [0.3, 0.4) is 0 Å². The van der Waals surface area contributed by atoms with Crippen molar-refractivity contribution in [3.05, 3.63) is 83.4 Å². The average molecular weight is 472 g/mol. The Morgan fingerprint density at radius 1 is 1.03 bits per heavy atom. The van der Waals surface area contributed by atoms with E-state index in [1.807, 2.05) is 54.6 Å². The van der Waals surface area contributed by atoms with Gasteiger partial charge in [-0.3, -0.25) is 14.5 Å². The Hall–Kier alpha value is -3.55. The molecule has 0 unspecified atom stereocenters. The second kappa shape index (κ2) is 9.75. The number of likely N-dealkylation sites (tertiary alicyclic amines) is 1. The SMILES string of the molecule is O=C(Nc1ccc2scnc2c1)c1ccc(-c2ccccc2)c(CN2CCC(C(=O)O)CC2)c1. The molecule has 0 saturated carbocycles. The van der Waals surface area contributed by atoms with E-state index in [0.717, 1.165) is 40.0 Å². The number of aliphatic carboxylic acids is 1. The summed E-state index contributed by atoms with van der Waals surface area (Å²) in [5.74, 6) is -1.14. The molecule has 0 atom stereocenters. The van der Waals surface area contributed by atoms with Crippen molar-refractivity contribution >= 4 is 39.1 Å². The lowest BCUT2D eigenvalue weighted by molar-refractivity contribution is -0.143. The van der Waals surface area contributed by atoms with Crippen LogP contribution in [0.15, 0.2) is 72.2 Å². The second-order valence-corrected chi connectivity index (χ2v) is 9.50. The lowest BCUT2D eigenvalue weighted by Gasteiger charge is -2.30. The van der Waals surface area contributed by atoms with Gasteiger partial charge in [0, 0.05) is 17.8 Å². The zero-order valence-corrected chi connectivity index (χ0v) is 19.4. The number of hydrogen-bond donors (Lipinski definition) is 2. The number of aromatic nitrogens is 1. The Kier molecular flexibility index (Phi) is 6.38. The number of piperidine rings is 1. The van der Waals surface area contributed by atoms with Gasteiger partial charge in [-0.2, -0.15) is 0 Å². The Labute approximate surface area is 201 Å². The number of benzene rings is 3. The Morgan fingerprint density at radius 3 is 2.59 bits per heavy atom. The lowest BCUT2D eigenvalue weighted by Crippen LogP contribution is -2.36. The first-order chi connectivity index (χ1) is 16.6. The van der Waals surface area contributed by atoms with Gasteiger partial charge in [-0.15, -0.1) is 11.3 Å². The number of hydrogen-bond acceptors (Lipinski definition) is 5. The van der Waals surface area contributed by atoms with Gasteiger partial charge in [-0.1, -0.05) is 36.4 Å². The maximum absolute atomic E-state index is 13.1. The first-order valence-electron chi connectivity index (χ1n) is 11.3. The molecule has 0 aliphatic carbocycles. The molecule has 0 radical (unpaired) electrons. The summed E-state index contributed by atoms with van der Waals surface area (Å²) in [7, 11) is 0. The molecule has 1 aliphatic rings. The van der Waals surface area contributed by atoms with Crippen molar-refractivity contribution < 1.29 is 14.7 Å². The van der Waals surface area contributed by atoms with Gasteiger partial charge in [0.25, 0.3) is 5.91 Å². The van der Waals surface area contributed by atoms with Crippen molar-refractivity contribution in [3.63, 3.8) is 0 Å². The molecule has 7 heteroatoms. The standard InChI is InChI=1S/C27H25N3O3S/c31-26(29-22-7-9-25-24(15-22)28-17-34-25)20-6-8-23(18-4-2-1-3-5-18)21(14-20)16-30-12-10-19(11-13-30)27(32)33/h1-9,14-15,17,19H,10-13,16H2,(H,29,31)(H,32,33). The molecule has 1 aliphatic heterocycles. The van der Waals surface area contributed by atoms with E-state index in [1.165, 1.54) is 0 Å². The van der Waals surface area contributed by atoms with Crippen LogP contribution in [-0.4, -0.2) is 40.0 Å². The van der Waals surface area contributed by atoms with E-state index in [-0.39, 0.29) is 11.8 Å². The van der Waals surface area contributed by atoms with Gasteiger partial charge in [0.1, 0.15) is 0 Å². The highest BCUT2D eigenvalue weighted by atomic mass is 32.1. The summed E-state index contributed by atoms with van der Waals surface area (Å²) in [5.41, 5.74) is 7.21. The molecule has 1 fully saturated rings. The molecule has 3 aromatic carbocycles. The van der Waals surface area contributed by atoms with Gasteiger partial charge in [0.2, 0.25) is 0 Å². The monoisotopic (exact) mass is 471 g/mol. The van der Waals surface area contributed by atoms with E-state index < -0.39 is 5.97 Å². The van der Waals surface area contributed by atoms with E-state index in [0.29, 0.717) is 30.6 Å². The minimum absolute atomic E-state index is 0.167. The zero-order valence-electron chi connectivity index (χ0n) is 18.6. The smallest absolute Gasteiger partial charge is 0.306 e. The van der Waals surface area contributed by atoms with E-state index in [1.54, 1.807) is 16.8 Å². The predicted molar refractivity (Wildman–Crippen MR) is 135 cm³/mol. The summed E-state index contributed by atoms with van der Waals surface area (Å²) < 4.78 is 1.08. The molecule has 5 rings (SSSR count). The summed E-state index contributed by atoms with van der Waals surface area (Å²) in [4.78, 5) is 31.0. The fourth-order valence-corrected chi connectivity index (χ4v) is 5.14. The Balaban J connectivity index is 1.39. The van der Waals surface area contributed by atoms with Crippen LogP contribution in [0.25, 0.3) is 21.3 Å². The highest BCUT2D eigenvalue weighted by molar-refractivity contribution is 7.16. The molecule has 0 bridgehead atoms. The fraction of sp³-hybridized carbons (Fsp3) is 0.222. The van der Waals surface area contributed by atoms with Gasteiger partial charge >= 0.3 is 5.97 Å². The number of carboxylic acids is 1. The summed E-state index contributed by atoms with van der Waals surface area (Å²) in [6.45, 7) is 2.13. The first kappa shape index (κ1) is 22.3. The number of nitrogens with zero attached hydrogens (tertiary/aromatic N) is 2. The third-order valence-electron chi connectivity index (χ3n) is 6.37. The first-order valence-corrected chi connectivity index (χ1v) is 12.2. The normalized spacial score (nSPS) is 14.8. The molecular formula is C27H25N3O3S. The summed E-state index contributed by atoms with van der Waals surface area (Å²) in [6.07, 6.45) is 1.30. The number of thiazole rings is 1. The van der Waals surface area contributed by atoms with Gasteiger partial charge in [-0.05, 0) is 73.0 Å². The van der Waals surface area contributed by atoms with Crippen LogP contribution in [-0.2, 0) is 11.3 Å². The van der Waals surface area contributed by atoms with Gasteiger partial charge in [0.15, 0.2) is 0 Å². The molecule has 2 heterocycles. The highest BCUT2D eigenvalue weighted by Gasteiger charge is 2.25. The van der Waals surface area contributed by atoms with Crippen molar-refractivity contribution in [2.24, 2.45) is 5.92 Å². The Bertz CT molecular complexity index is 1330. The van der Waals surface area contributed by atoms with E-state index in [9.17, 15) is 14.7 Å². The fourth-order valence-electron chi connectivity index (χ4n) is 4.48. The minimum Gasteiger partial charge on any atom is -0.481 e. The molecule has 2 N–H and O–H groups in total. The van der Waals surface area contributed by atoms with Crippen LogP contribution in [0.5, 0.6) is 0 Å². The third-order valence-corrected chi connectivity index (χ3v) is 7.18. The summed E-state index contributed by atoms with van der Waals surface area (Å²) in [6, 6.07) is 21.7. The van der Waals surface area contributed by atoms with Crippen molar-refractivity contribution in [2.75, 3.05) is 18.4 Å². The number of amides is 1. The average Bonchev–Trinajstić information content (AvgIpc) is 3.33. The molecule has 1 saturated heterocycles. The van der Waals surface area contributed by atoms with Crippen molar-refractivity contribution in [2.45, 2.75) is 19.4 Å². The maximum Gasteiger partial charge on any atom is 0.306 e. The molecule has 0 spiro atoms. The minimum atomic E-state index is -0.709. The van der Waals surface area contributed by atoms with Gasteiger partial charge < -0.3 is 10.4 Å². The highest BCUT2D eigenvalue weighted by Crippen LogP contribution is 2.28. The number of fused-ring (bicyclic) bond motifs is 1. The van der Waals surface area contributed by atoms with Crippen LogP contribution in [0.2, 0.25) is 0 Å². The van der Waals surface area contributed by atoms with Gasteiger partial charge in [-0.25, -0.2) is 4.98 Å². The number of carbonyl (C=O) groups excluding carboxylic acids is 1. The maximum atomic E-state index is 13.1. The van der Waals surface area contributed by atoms with E-state index in [4.69, 9.17) is 0 Å².